The number of halogens is 2. The first-order chi connectivity index (χ1) is 19.2. The summed E-state index contributed by atoms with van der Waals surface area (Å²) in [6.07, 6.45) is 3.52. The summed E-state index contributed by atoms with van der Waals surface area (Å²) < 4.78 is 20.8. The Bertz CT molecular complexity index is 1470. The molecule has 2 amide bonds. The maximum atomic E-state index is 13.6. The van der Waals surface area contributed by atoms with Crippen LogP contribution in [-0.4, -0.2) is 46.3 Å². The standard InChI is InChI=1S/C31H30BrFN4O3/c1-3-20(21-5-8-24(32)9-6-21)15-25(29(34)22-7-11-27(33)35-17-22)31-37(30(39)18(2)40-31)13-12-19-4-10-26-23(14-19)16-28(38)36-26/h4-11,14-15,17-18,20,31,34H,3,12-13,16H2,1-2H3,(H,36,38)/b25-15+,34-29?. The molecule has 0 saturated carbocycles. The van der Waals surface area contributed by atoms with Crippen molar-refractivity contribution < 1.29 is 18.7 Å². The van der Waals surface area contributed by atoms with E-state index in [2.05, 4.69) is 33.2 Å². The van der Waals surface area contributed by atoms with E-state index in [1.54, 1.807) is 11.8 Å². The number of anilines is 1. The Morgan fingerprint density at radius 2 is 2.00 bits per heavy atom. The molecule has 9 heteroatoms. The molecule has 0 aliphatic carbocycles. The predicted octanol–water partition coefficient (Wildman–Crippen LogP) is 5.78. The first kappa shape index (κ1) is 27.9. The summed E-state index contributed by atoms with van der Waals surface area (Å²) in [5.41, 5.74) is 4.94. The summed E-state index contributed by atoms with van der Waals surface area (Å²) >= 11 is 3.49. The Morgan fingerprint density at radius 1 is 1.23 bits per heavy atom. The molecule has 3 aromatic rings. The summed E-state index contributed by atoms with van der Waals surface area (Å²) in [5.74, 6) is -0.855. The lowest BCUT2D eigenvalue weighted by Crippen LogP contribution is -2.39. The third kappa shape index (κ3) is 5.90. The normalized spacial score (nSPS) is 19.5. The monoisotopic (exact) mass is 604 g/mol. The van der Waals surface area contributed by atoms with Crippen molar-refractivity contribution in [2.45, 2.75) is 51.4 Å². The van der Waals surface area contributed by atoms with Gasteiger partial charge in [0.2, 0.25) is 11.9 Å². The molecule has 5 rings (SSSR count). The first-order valence-electron chi connectivity index (χ1n) is 13.3. The molecular weight excluding hydrogens is 575 g/mol. The van der Waals surface area contributed by atoms with Gasteiger partial charge in [-0.3, -0.25) is 15.0 Å². The smallest absolute Gasteiger partial charge is 0.253 e. The summed E-state index contributed by atoms with van der Waals surface area (Å²) in [6, 6.07) is 16.6. The van der Waals surface area contributed by atoms with Gasteiger partial charge >= 0.3 is 0 Å². The minimum atomic E-state index is -0.790. The lowest BCUT2D eigenvalue weighted by molar-refractivity contribution is -0.129. The second-order valence-corrected chi connectivity index (χ2v) is 11.0. The fourth-order valence-corrected chi connectivity index (χ4v) is 5.45. The van der Waals surface area contributed by atoms with Crippen LogP contribution in [0.4, 0.5) is 10.1 Å². The quantitative estimate of drug-likeness (QED) is 0.239. The lowest BCUT2D eigenvalue weighted by Gasteiger charge is -2.27. The Kier molecular flexibility index (Phi) is 8.23. The third-order valence-electron chi connectivity index (χ3n) is 7.37. The number of carbonyl (C=O) groups is 2. The summed E-state index contributed by atoms with van der Waals surface area (Å²) in [5, 5.41) is 12.0. The van der Waals surface area contributed by atoms with Crippen LogP contribution in [0, 0.1) is 11.4 Å². The van der Waals surface area contributed by atoms with Gasteiger partial charge in [-0.25, -0.2) is 4.98 Å². The molecule has 0 spiro atoms. The van der Waals surface area contributed by atoms with Crippen molar-refractivity contribution in [2.24, 2.45) is 0 Å². The van der Waals surface area contributed by atoms with Gasteiger partial charge in [0.05, 0.1) is 12.1 Å². The predicted molar refractivity (Wildman–Crippen MR) is 155 cm³/mol. The number of ether oxygens (including phenoxy) is 1. The zero-order chi connectivity index (χ0) is 28.4. The van der Waals surface area contributed by atoms with Gasteiger partial charge in [-0.1, -0.05) is 53.2 Å². The molecule has 0 bridgehead atoms. The number of amides is 2. The van der Waals surface area contributed by atoms with Crippen LogP contribution in [0.25, 0.3) is 0 Å². The number of pyridine rings is 1. The molecule has 1 aromatic heterocycles. The molecule has 1 saturated heterocycles. The zero-order valence-electron chi connectivity index (χ0n) is 22.3. The summed E-state index contributed by atoms with van der Waals surface area (Å²) in [7, 11) is 0. The van der Waals surface area contributed by atoms with E-state index in [9.17, 15) is 14.0 Å². The van der Waals surface area contributed by atoms with E-state index < -0.39 is 18.3 Å². The van der Waals surface area contributed by atoms with Crippen LogP contribution in [0.5, 0.6) is 0 Å². The number of carbonyl (C=O) groups excluding carboxylic acids is 2. The Hall–Kier alpha value is -3.69. The molecule has 2 aromatic carbocycles. The molecular formula is C31H30BrFN4O3. The van der Waals surface area contributed by atoms with Crippen molar-refractivity contribution in [3.8, 4) is 0 Å². The number of nitrogens with one attached hydrogen (secondary N) is 2. The van der Waals surface area contributed by atoms with Gasteiger partial charge in [-0.2, -0.15) is 4.39 Å². The van der Waals surface area contributed by atoms with Crippen LogP contribution in [0.15, 0.2) is 76.9 Å². The van der Waals surface area contributed by atoms with E-state index in [0.29, 0.717) is 30.5 Å². The Morgan fingerprint density at radius 3 is 2.70 bits per heavy atom. The second kappa shape index (κ2) is 11.8. The average molecular weight is 606 g/mol. The van der Waals surface area contributed by atoms with Crippen LogP contribution in [0.1, 0.15) is 48.4 Å². The van der Waals surface area contributed by atoms with Gasteiger partial charge in [0.15, 0.2) is 6.23 Å². The van der Waals surface area contributed by atoms with Gasteiger partial charge in [0.25, 0.3) is 5.91 Å². The largest absolute Gasteiger partial charge is 0.341 e. The average Bonchev–Trinajstić information content (AvgIpc) is 3.46. The van der Waals surface area contributed by atoms with E-state index in [-0.39, 0.29) is 23.4 Å². The molecule has 2 aliphatic heterocycles. The SMILES string of the molecule is CCC(/C=C(\C(=N)c1ccc(F)nc1)C1OC(C)C(=O)N1CCc1ccc2c(c1)CC(=O)N2)c1ccc(Br)cc1. The minimum absolute atomic E-state index is 0.0241. The fraction of sp³-hybridized carbons (Fsp3) is 0.290. The molecule has 40 heavy (non-hydrogen) atoms. The number of nitrogens with zero attached hydrogens (tertiary/aromatic N) is 2. The fourth-order valence-electron chi connectivity index (χ4n) is 5.19. The number of benzene rings is 2. The van der Waals surface area contributed by atoms with Crippen molar-refractivity contribution >= 4 is 39.1 Å². The number of aromatic nitrogens is 1. The minimum Gasteiger partial charge on any atom is -0.341 e. The Labute approximate surface area is 241 Å². The van der Waals surface area contributed by atoms with Crippen LogP contribution < -0.4 is 5.32 Å². The van der Waals surface area contributed by atoms with Crippen molar-refractivity contribution in [1.82, 2.24) is 9.88 Å². The van der Waals surface area contributed by atoms with E-state index in [1.165, 1.54) is 18.3 Å². The topological polar surface area (TPSA) is 95.4 Å². The first-order valence-corrected chi connectivity index (χ1v) is 14.1. The molecule has 0 radical (unpaired) electrons. The molecule has 7 nitrogen and oxygen atoms in total. The summed E-state index contributed by atoms with van der Waals surface area (Å²) in [6.45, 7) is 4.16. The van der Waals surface area contributed by atoms with Gasteiger partial charge < -0.3 is 15.0 Å². The highest BCUT2D eigenvalue weighted by Crippen LogP contribution is 2.32. The highest BCUT2D eigenvalue weighted by Gasteiger charge is 2.41. The number of fused-ring (bicyclic) bond motifs is 1. The van der Waals surface area contributed by atoms with E-state index in [4.69, 9.17) is 10.1 Å². The maximum Gasteiger partial charge on any atom is 0.253 e. The van der Waals surface area contributed by atoms with Crippen molar-refractivity contribution in [3.63, 3.8) is 0 Å². The van der Waals surface area contributed by atoms with Crippen LogP contribution >= 0.6 is 15.9 Å². The van der Waals surface area contributed by atoms with E-state index in [1.807, 2.05) is 48.5 Å². The van der Waals surface area contributed by atoms with Crippen LogP contribution in [0.2, 0.25) is 0 Å². The van der Waals surface area contributed by atoms with Crippen molar-refractivity contribution in [3.05, 3.63) is 105 Å². The molecule has 2 aliphatic rings. The molecule has 3 unspecified atom stereocenters. The van der Waals surface area contributed by atoms with Crippen LogP contribution in [-0.2, 0) is 27.2 Å². The number of rotatable bonds is 9. The van der Waals surface area contributed by atoms with E-state index in [0.717, 1.165) is 33.3 Å². The van der Waals surface area contributed by atoms with Crippen LogP contribution in [0.3, 0.4) is 0 Å². The van der Waals surface area contributed by atoms with E-state index >= 15 is 0 Å². The molecule has 2 N–H and O–H groups in total. The highest BCUT2D eigenvalue weighted by molar-refractivity contribution is 9.10. The second-order valence-electron chi connectivity index (χ2n) is 10.1. The van der Waals surface area contributed by atoms with Gasteiger partial charge in [0.1, 0.15) is 6.10 Å². The summed E-state index contributed by atoms with van der Waals surface area (Å²) in [4.78, 5) is 30.5. The van der Waals surface area contributed by atoms with Gasteiger partial charge in [0, 0.05) is 40.0 Å². The van der Waals surface area contributed by atoms with Crippen molar-refractivity contribution in [1.29, 1.82) is 5.41 Å². The highest BCUT2D eigenvalue weighted by atomic mass is 79.9. The number of hydrogen-bond acceptors (Lipinski definition) is 5. The van der Waals surface area contributed by atoms with Crippen molar-refractivity contribution in [2.75, 3.05) is 11.9 Å². The molecule has 1 fully saturated rings. The maximum absolute atomic E-state index is 13.6. The third-order valence-corrected chi connectivity index (χ3v) is 7.90. The van der Waals surface area contributed by atoms with Gasteiger partial charge in [-0.05, 0) is 66.8 Å². The number of allylic oxidation sites excluding steroid dienone is 1. The molecule has 3 atom stereocenters. The van der Waals surface area contributed by atoms with Gasteiger partial charge in [-0.15, -0.1) is 0 Å². The Balaban J connectivity index is 1.48. The molecule has 3 heterocycles. The lowest BCUT2D eigenvalue weighted by atomic mass is 9.90. The zero-order valence-corrected chi connectivity index (χ0v) is 23.9. The molecule has 206 valence electrons. The number of hydrogen-bond donors (Lipinski definition) is 2.